The molecule has 0 unspecified atom stereocenters. The standard InChI is InChI=1S/C24H20ClN3O3/c1-15-7-5-10-28-22(15)26-20(16-8-3-2-4-9-16)23(28)27-24(29)17-13-18(25)21-19(14-17)30-11-6-12-31-21/h2-5,7-10,13-14H,6,11-12H2,1H3,(H,27,29). The largest absolute Gasteiger partial charge is 0.489 e. The molecule has 0 fully saturated rings. The predicted octanol–water partition coefficient (Wildman–Crippen LogP) is 5.38. The van der Waals surface area contributed by atoms with Crippen molar-refractivity contribution in [1.29, 1.82) is 0 Å². The molecular weight excluding hydrogens is 414 g/mol. The van der Waals surface area contributed by atoms with E-state index in [4.69, 9.17) is 26.1 Å². The maximum absolute atomic E-state index is 13.2. The van der Waals surface area contributed by atoms with Gasteiger partial charge in [0.25, 0.3) is 5.91 Å². The molecule has 1 aliphatic heterocycles. The number of aryl methyl sites for hydroxylation is 1. The van der Waals surface area contributed by atoms with Crippen molar-refractivity contribution in [1.82, 2.24) is 9.38 Å². The molecule has 1 N–H and O–H groups in total. The zero-order valence-corrected chi connectivity index (χ0v) is 17.6. The van der Waals surface area contributed by atoms with Gasteiger partial charge in [-0.05, 0) is 30.7 Å². The summed E-state index contributed by atoms with van der Waals surface area (Å²) in [4.78, 5) is 18.0. The van der Waals surface area contributed by atoms with Crippen molar-refractivity contribution in [2.75, 3.05) is 18.5 Å². The van der Waals surface area contributed by atoms with Crippen molar-refractivity contribution in [3.05, 3.63) is 76.9 Å². The molecule has 0 atom stereocenters. The van der Waals surface area contributed by atoms with Gasteiger partial charge in [-0.1, -0.05) is 48.0 Å². The van der Waals surface area contributed by atoms with Crippen molar-refractivity contribution in [3.8, 4) is 22.8 Å². The van der Waals surface area contributed by atoms with Crippen molar-refractivity contribution >= 4 is 29.0 Å². The van der Waals surface area contributed by atoms with Crippen LogP contribution in [0.1, 0.15) is 22.3 Å². The number of carbonyl (C=O) groups excluding carboxylic acids is 1. The van der Waals surface area contributed by atoms with Crippen LogP contribution in [0.15, 0.2) is 60.8 Å². The fourth-order valence-electron chi connectivity index (χ4n) is 3.66. The maximum atomic E-state index is 13.2. The van der Waals surface area contributed by atoms with Crippen LogP contribution in [0.5, 0.6) is 11.5 Å². The number of benzene rings is 2. The van der Waals surface area contributed by atoms with E-state index >= 15 is 0 Å². The predicted molar refractivity (Wildman–Crippen MR) is 120 cm³/mol. The SMILES string of the molecule is Cc1cccn2c(NC(=O)c3cc(Cl)c4c(c3)OCCCO4)c(-c3ccccc3)nc12. The molecule has 0 saturated heterocycles. The van der Waals surface area contributed by atoms with E-state index < -0.39 is 0 Å². The number of nitrogens with one attached hydrogen (secondary N) is 1. The van der Waals surface area contributed by atoms with E-state index in [0.717, 1.165) is 23.2 Å². The first-order valence-electron chi connectivity index (χ1n) is 10.1. The third kappa shape index (κ3) is 3.59. The molecule has 0 radical (unpaired) electrons. The van der Waals surface area contributed by atoms with Crippen LogP contribution in [0.2, 0.25) is 5.02 Å². The zero-order valence-electron chi connectivity index (χ0n) is 16.9. The molecule has 7 heteroatoms. The average molecular weight is 434 g/mol. The lowest BCUT2D eigenvalue weighted by atomic mass is 10.1. The number of halogens is 1. The maximum Gasteiger partial charge on any atom is 0.257 e. The van der Waals surface area contributed by atoms with Crippen LogP contribution >= 0.6 is 11.6 Å². The van der Waals surface area contributed by atoms with Crippen molar-refractivity contribution in [3.63, 3.8) is 0 Å². The van der Waals surface area contributed by atoms with Gasteiger partial charge >= 0.3 is 0 Å². The Morgan fingerprint density at radius 1 is 1.10 bits per heavy atom. The molecule has 0 aliphatic carbocycles. The van der Waals surface area contributed by atoms with Gasteiger partial charge in [0, 0.05) is 23.7 Å². The van der Waals surface area contributed by atoms with E-state index in [1.54, 1.807) is 12.1 Å². The van der Waals surface area contributed by atoms with Gasteiger partial charge in [0.2, 0.25) is 0 Å². The minimum Gasteiger partial charge on any atom is -0.489 e. The minimum absolute atomic E-state index is 0.307. The summed E-state index contributed by atoms with van der Waals surface area (Å²) < 4.78 is 13.3. The number of hydrogen-bond donors (Lipinski definition) is 1. The molecule has 2 aromatic heterocycles. The molecular formula is C24H20ClN3O3. The smallest absolute Gasteiger partial charge is 0.257 e. The van der Waals surface area contributed by atoms with Gasteiger partial charge in [0.1, 0.15) is 17.2 Å². The molecule has 0 bridgehead atoms. The molecule has 1 amide bonds. The summed E-state index contributed by atoms with van der Waals surface area (Å²) in [5.41, 5.74) is 3.80. The molecule has 2 aromatic carbocycles. The first-order valence-corrected chi connectivity index (χ1v) is 10.4. The quantitative estimate of drug-likeness (QED) is 0.471. The summed E-state index contributed by atoms with van der Waals surface area (Å²) >= 11 is 6.39. The Labute approximate surface area is 184 Å². The number of amides is 1. The average Bonchev–Trinajstić information content (AvgIpc) is 2.97. The van der Waals surface area contributed by atoms with Crippen molar-refractivity contribution < 1.29 is 14.3 Å². The number of rotatable bonds is 3. The number of anilines is 1. The monoisotopic (exact) mass is 433 g/mol. The number of ether oxygens (including phenoxy) is 2. The van der Waals surface area contributed by atoms with Gasteiger partial charge in [-0.2, -0.15) is 0 Å². The highest BCUT2D eigenvalue weighted by Gasteiger charge is 2.21. The van der Waals surface area contributed by atoms with Gasteiger partial charge in [0.15, 0.2) is 11.5 Å². The number of aromatic nitrogens is 2. The summed E-state index contributed by atoms with van der Waals surface area (Å²) in [6.07, 6.45) is 2.65. The Morgan fingerprint density at radius 2 is 1.90 bits per heavy atom. The van der Waals surface area contributed by atoms with Crippen molar-refractivity contribution in [2.45, 2.75) is 13.3 Å². The molecule has 156 valence electrons. The zero-order chi connectivity index (χ0) is 21.4. The van der Waals surface area contributed by atoms with Gasteiger partial charge in [-0.25, -0.2) is 4.98 Å². The summed E-state index contributed by atoms with van der Waals surface area (Å²) in [7, 11) is 0. The number of carbonyl (C=O) groups is 1. The third-order valence-corrected chi connectivity index (χ3v) is 5.47. The second-order valence-electron chi connectivity index (χ2n) is 7.35. The van der Waals surface area contributed by atoms with E-state index in [9.17, 15) is 4.79 Å². The Bertz CT molecular complexity index is 1280. The molecule has 1 aliphatic rings. The highest BCUT2D eigenvalue weighted by atomic mass is 35.5. The Kier molecular flexibility index (Phi) is 5.00. The van der Waals surface area contributed by atoms with Gasteiger partial charge in [-0.3, -0.25) is 9.20 Å². The van der Waals surface area contributed by atoms with Crippen LogP contribution in [0, 0.1) is 6.92 Å². The molecule has 0 saturated carbocycles. The van der Waals surface area contributed by atoms with Crippen LogP contribution < -0.4 is 14.8 Å². The van der Waals surface area contributed by atoms with Gasteiger partial charge in [-0.15, -0.1) is 0 Å². The van der Waals surface area contributed by atoms with E-state index in [0.29, 0.717) is 46.8 Å². The molecule has 0 spiro atoms. The minimum atomic E-state index is -0.307. The number of hydrogen-bond acceptors (Lipinski definition) is 4. The topological polar surface area (TPSA) is 64.9 Å². The molecule has 5 rings (SSSR count). The number of nitrogens with zero attached hydrogens (tertiary/aromatic N) is 2. The lowest BCUT2D eigenvalue weighted by molar-refractivity contribution is 0.102. The number of fused-ring (bicyclic) bond motifs is 2. The fourth-order valence-corrected chi connectivity index (χ4v) is 3.93. The second-order valence-corrected chi connectivity index (χ2v) is 7.76. The van der Waals surface area contributed by atoms with E-state index in [-0.39, 0.29) is 5.91 Å². The third-order valence-electron chi connectivity index (χ3n) is 5.19. The Morgan fingerprint density at radius 3 is 2.74 bits per heavy atom. The summed E-state index contributed by atoms with van der Waals surface area (Å²) in [6.45, 7) is 3.03. The van der Waals surface area contributed by atoms with Crippen LogP contribution in [0.3, 0.4) is 0 Å². The molecule has 3 heterocycles. The van der Waals surface area contributed by atoms with Crippen LogP contribution in [-0.2, 0) is 0 Å². The first-order chi connectivity index (χ1) is 15.1. The second kappa shape index (κ2) is 7.96. The first kappa shape index (κ1) is 19.5. The Balaban J connectivity index is 1.58. The van der Waals surface area contributed by atoms with Crippen molar-refractivity contribution in [2.24, 2.45) is 0 Å². The highest BCUT2D eigenvalue weighted by Crippen LogP contribution is 2.38. The highest BCUT2D eigenvalue weighted by molar-refractivity contribution is 6.32. The number of pyridine rings is 1. The van der Waals surface area contributed by atoms with Crippen LogP contribution in [-0.4, -0.2) is 28.5 Å². The summed E-state index contributed by atoms with van der Waals surface area (Å²) in [6, 6.07) is 17.0. The number of imidazole rings is 1. The van der Waals surface area contributed by atoms with Gasteiger partial charge in [0.05, 0.1) is 18.2 Å². The van der Waals surface area contributed by atoms with Crippen LogP contribution in [0.4, 0.5) is 5.82 Å². The lowest BCUT2D eigenvalue weighted by Gasteiger charge is -2.12. The summed E-state index contributed by atoms with van der Waals surface area (Å²) in [5, 5.41) is 3.38. The molecule has 31 heavy (non-hydrogen) atoms. The Hall–Kier alpha value is -3.51. The molecule has 4 aromatic rings. The molecule has 6 nitrogen and oxygen atoms in total. The van der Waals surface area contributed by atoms with Gasteiger partial charge < -0.3 is 14.8 Å². The normalized spacial score (nSPS) is 13.1. The van der Waals surface area contributed by atoms with E-state index in [1.165, 1.54) is 0 Å². The van der Waals surface area contributed by atoms with E-state index in [2.05, 4.69) is 5.32 Å². The lowest BCUT2D eigenvalue weighted by Crippen LogP contribution is -2.14. The van der Waals surface area contributed by atoms with E-state index in [1.807, 2.05) is 60.0 Å². The fraction of sp³-hybridized carbons (Fsp3) is 0.167. The van der Waals surface area contributed by atoms with Crippen LogP contribution in [0.25, 0.3) is 16.9 Å². The summed E-state index contributed by atoms with van der Waals surface area (Å²) in [5.74, 6) is 1.25.